The molecule has 0 N–H and O–H groups in total. The molecule has 0 aromatic heterocycles. The van der Waals surface area contributed by atoms with Gasteiger partial charge in [-0.15, -0.1) is 0 Å². The third-order valence-corrected chi connectivity index (χ3v) is 15.6. The second-order valence-electron chi connectivity index (χ2n) is 14.2. The minimum atomic E-state index is -2.71. The van der Waals surface area contributed by atoms with Crippen LogP contribution in [-0.4, -0.2) is 54.9 Å². The maximum Gasteiger partial charge on any atom is 0.261 e. The molecule has 3 aliphatic rings. The lowest BCUT2D eigenvalue weighted by molar-refractivity contribution is -0.176. The number of hydrogen-bond acceptors (Lipinski definition) is 6. The fraction of sp³-hybridized carbons (Fsp3) is 0.450. The van der Waals surface area contributed by atoms with Gasteiger partial charge >= 0.3 is 0 Å². The van der Waals surface area contributed by atoms with Gasteiger partial charge in [-0.05, 0) is 70.9 Å². The molecule has 47 heavy (non-hydrogen) atoms. The molecule has 0 spiro atoms. The van der Waals surface area contributed by atoms with Crippen LogP contribution in [0.4, 0.5) is 0 Å². The van der Waals surface area contributed by atoms with Gasteiger partial charge in [0.05, 0.1) is 19.8 Å². The molecular weight excluding hydrogens is 605 g/mol. The summed E-state index contributed by atoms with van der Waals surface area (Å²) in [5.41, 5.74) is 2.24. The van der Waals surface area contributed by atoms with Crippen molar-refractivity contribution in [2.75, 3.05) is 34.2 Å². The fourth-order valence-electron chi connectivity index (χ4n) is 8.36. The summed E-state index contributed by atoms with van der Waals surface area (Å²) < 4.78 is 37.8. The second kappa shape index (κ2) is 14.1. The van der Waals surface area contributed by atoms with E-state index < -0.39 is 8.32 Å². The maximum absolute atomic E-state index is 7.43. The summed E-state index contributed by atoms with van der Waals surface area (Å²) in [5.74, 6) is 1.92. The predicted molar refractivity (Wildman–Crippen MR) is 189 cm³/mol. The Hall–Kier alpha value is -3.20. The van der Waals surface area contributed by atoms with Crippen molar-refractivity contribution < 1.29 is 28.1 Å². The van der Waals surface area contributed by atoms with E-state index in [1.165, 1.54) is 21.5 Å². The van der Waals surface area contributed by atoms with Crippen molar-refractivity contribution in [2.45, 2.75) is 63.9 Å². The average molecular weight is 655 g/mol. The Balaban J connectivity index is 1.26. The molecule has 1 aliphatic heterocycles. The first-order chi connectivity index (χ1) is 22.7. The summed E-state index contributed by atoms with van der Waals surface area (Å²) in [6, 6.07) is 29.3. The van der Waals surface area contributed by atoms with E-state index in [2.05, 4.69) is 94.1 Å². The Labute approximate surface area is 281 Å². The van der Waals surface area contributed by atoms with Gasteiger partial charge in [-0.1, -0.05) is 99.7 Å². The van der Waals surface area contributed by atoms with Gasteiger partial charge in [0.15, 0.2) is 13.1 Å². The molecule has 0 amide bonds. The molecule has 2 fully saturated rings. The highest BCUT2D eigenvalue weighted by molar-refractivity contribution is 6.99. The molecule has 2 aliphatic carbocycles. The van der Waals surface area contributed by atoms with Crippen LogP contribution in [-0.2, 0) is 18.6 Å². The Morgan fingerprint density at radius 1 is 0.894 bits per heavy atom. The van der Waals surface area contributed by atoms with Gasteiger partial charge in [-0.3, -0.25) is 0 Å². The lowest BCUT2D eigenvalue weighted by Gasteiger charge is -2.44. The highest BCUT2D eigenvalue weighted by Gasteiger charge is 2.59. The minimum Gasteiger partial charge on any atom is -0.497 e. The van der Waals surface area contributed by atoms with E-state index in [0.29, 0.717) is 13.2 Å². The zero-order valence-electron chi connectivity index (χ0n) is 28.6. The number of allylic oxidation sites excluding steroid dienone is 1. The molecule has 4 bridgehead atoms. The third-order valence-electron chi connectivity index (χ3n) is 10.6. The van der Waals surface area contributed by atoms with Gasteiger partial charge < -0.3 is 28.1 Å². The van der Waals surface area contributed by atoms with Crippen LogP contribution in [0.2, 0.25) is 5.04 Å². The monoisotopic (exact) mass is 654 g/mol. The van der Waals surface area contributed by atoms with Gasteiger partial charge in [-0.25, -0.2) is 0 Å². The molecule has 6 rings (SSSR count). The zero-order chi connectivity index (χ0) is 33.1. The molecular formula is C40H50O6Si. The van der Waals surface area contributed by atoms with E-state index in [9.17, 15) is 0 Å². The molecule has 7 heteroatoms. The molecule has 6 nitrogen and oxygen atoms in total. The summed E-state index contributed by atoms with van der Waals surface area (Å²) >= 11 is 0. The van der Waals surface area contributed by atoms with E-state index in [4.69, 9.17) is 28.1 Å². The van der Waals surface area contributed by atoms with Crippen LogP contribution in [0, 0.1) is 17.3 Å². The Morgan fingerprint density at radius 2 is 1.53 bits per heavy atom. The van der Waals surface area contributed by atoms with Crippen molar-refractivity contribution in [2.24, 2.45) is 17.3 Å². The number of ether oxygens (including phenoxy) is 5. The normalized spacial score (nSPS) is 25.6. The molecule has 250 valence electrons. The zero-order valence-corrected chi connectivity index (χ0v) is 29.6. The highest BCUT2D eigenvalue weighted by atomic mass is 28.4. The standard InChI is InChI=1S/C40H50O6Si/c1-29-30(27-43-28-44-32-22-20-31(41-5)21-23-32)26-40(36-19-13-18-35(29)37(36)46-38(40)42-6)24-25-45-47(39(2,3)4,33-14-9-7-10-15-33)34-16-11-8-12-17-34/h7-12,14-17,19-23,30,35,37-38H,1,13,18,24-28H2,2-6H3/t30-,35+,37+,38+,40-/m0/s1. The van der Waals surface area contributed by atoms with E-state index in [0.717, 1.165) is 37.2 Å². The molecule has 3 aromatic rings. The van der Waals surface area contributed by atoms with Crippen LogP contribution in [0.1, 0.15) is 46.5 Å². The molecule has 5 atom stereocenters. The first kappa shape index (κ1) is 33.7. The Bertz CT molecular complexity index is 1480. The average Bonchev–Trinajstić information content (AvgIpc) is 3.39. The van der Waals surface area contributed by atoms with Gasteiger partial charge in [0.2, 0.25) is 0 Å². The summed E-state index contributed by atoms with van der Waals surface area (Å²) in [6.45, 7) is 12.9. The van der Waals surface area contributed by atoms with Gasteiger partial charge in [-0.2, -0.15) is 0 Å². The third kappa shape index (κ3) is 6.36. The van der Waals surface area contributed by atoms with Crippen LogP contribution in [0.25, 0.3) is 0 Å². The van der Waals surface area contributed by atoms with E-state index >= 15 is 0 Å². The Kier molecular flexibility index (Phi) is 10.1. The van der Waals surface area contributed by atoms with Crippen molar-refractivity contribution in [3.8, 4) is 11.5 Å². The first-order valence-electron chi connectivity index (χ1n) is 16.9. The van der Waals surface area contributed by atoms with Crippen LogP contribution >= 0.6 is 0 Å². The van der Waals surface area contributed by atoms with Gasteiger partial charge in [0, 0.05) is 31.0 Å². The van der Waals surface area contributed by atoms with E-state index in [1.807, 2.05) is 24.3 Å². The van der Waals surface area contributed by atoms with Gasteiger partial charge in [0.25, 0.3) is 8.32 Å². The smallest absolute Gasteiger partial charge is 0.261 e. The Morgan fingerprint density at radius 3 is 2.13 bits per heavy atom. The fourth-order valence-corrected chi connectivity index (χ4v) is 12.9. The van der Waals surface area contributed by atoms with Crippen LogP contribution in [0.3, 0.4) is 0 Å². The molecule has 1 saturated heterocycles. The number of methoxy groups -OCH3 is 2. The SMILES string of the molecule is C=C1[C@H](COCOc2ccc(OC)cc2)C[C@@]2(CCO[Si](c3ccccc3)(c3ccccc3)C(C)(C)C)C3=CCC[C@H]1[C@H]3O[C@H]2OC. The van der Waals surface area contributed by atoms with Crippen molar-refractivity contribution in [1.29, 1.82) is 0 Å². The summed E-state index contributed by atoms with van der Waals surface area (Å²) in [4.78, 5) is 0. The van der Waals surface area contributed by atoms with Crippen molar-refractivity contribution in [3.63, 3.8) is 0 Å². The molecule has 1 saturated carbocycles. The highest BCUT2D eigenvalue weighted by Crippen LogP contribution is 2.59. The molecule has 3 aromatic carbocycles. The van der Waals surface area contributed by atoms with Crippen LogP contribution in [0.5, 0.6) is 11.5 Å². The van der Waals surface area contributed by atoms with E-state index in [1.54, 1.807) is 14.2 Å². The van der Waals surface area contributed by atoms with Crippen molar-refractivity contribution >= 4 is 18.7 Å². The number of hydrogen-bond donors (Lipinski definition) is 0. The predicted octanol–water partition coefficient (Wildman–Crippen LogP) is 7.29. The number of benzene rings is 3. The van der Waals surface area contributed by atoms with Crippen molar-refractivity contribution in [1.82, 2.24) is 0 Å². The van der Waals surface area contributed by atoms with Gasteiger partial charge in [0.1, 0.15) is 11.5 Å². The molecule has 0 radical (unpaired) electrons. The van der Waals surface area contributed by atoms with Crippen LogP contribution in [0.15, 0.2) is 109 Å². The maximum atomic E-state index is 7.43. The summed E-state index contributed by atoms with van der Waals surface area (Å²) in [7, 11) is 0.729. The first-order valence-corrected chi connectivity index (χ1v) is 18.8. The second-order valence-corrected chi connectivity index (χ2v) is 18.5. The molecule has 1 heterocycles. The van der Waals surface area contributed by atoms with Crippen LogP contribution < -0.4 is 19.8 Å². The minimum absolute atomic E-state index is 0.0189. The topological polar surface area (TPSA) is 55.4 Å². The lowest BCUT2D eigenvalue weighted by atomic mass is 9.71. The van der Waals surface area contributed by atoms with E-state index in [-0.39, 0.29) is 41.5 Å². The molecule has 0 unspecified atom stereocenters. The largest absolute Gasteiger partial charge is 0.497 e. The number of rotatable bonds is 13. The lowest BCUT2D eigenvalue weighted by Crippen LogP contribution is -2.66. The van der Waals surface area contributed by atoms with Crippen molar-refractivity contribution in [3.05, 3.63) is 109 Å². The quantitative estimate of drug-likeness (QED) is 0.0836. The summed E-state index contributed by atoms with van der Waals surface area (Å²) in [6.07, 6.45) is 5.71. The summed E-state index contributed by atoms with van der Waals surface area (Å²) in [5, 5.41) is 2.47.